The number of aromatic amines is 1. The van der Waals surface area contributed by atoms with E-state index in [9.17, 15) is 9.59 Å². The third-order valence-electron chi connectivity index (χ3n) is 4.98. The number of carbonyl (C=O) groups is 1. The first-order valence-corrected chi connectivity index (χ1v) is 8.29. The number of ether oxygens (including phenoxy) is 1. The monoisotopic (exact) mass is 312 g/mol. The lowest BCUT2D eigenvalue weighted by molar-refractivity contribution is -0.0753. The Morgan fingerprint density at radius 2 is 2.04 bits per heavy atom. The zero-order chi connectivity index (χ0) is 15.8. The van der Waals surface area contributed by atoms with Crippen molar-refractivity contribution in [2.45, 2.75) is 37.8 Å². The first kappa shape index (κ1) is 14.5. The number of hydrogen-bond donors (Lipinski definition) is 1. The van der Waals surface area contributed by atoms with Crippen LogP contribution in [0, 0.1) is 0 Å². The minimum atomic E-state index is -0.312. The van der Waals surface area contributed by atoms with Gasteiger partial charge in [-0.2, -0.15) is 0 Å². The van der Waals surface area contributed by atoms with E-state index in [4.69, 9.17) is 4.74 Å². The Kier molecular flexibility index (Phi) is 3.65. The molecule has 23 heavy (non-hydrogen) atoms. The van der Waals surface area contributed by atoms with Gasteiger partial charge in [-0.05, 0) is 30.4 Å². The van der Waals surface area contributed by atoms with Crippen LogP contribution < -0.4 is 5.56 Å². The number of morpholine rings is 1. The third-order valence-corrected chi connectivity index (χ3v) is 4.98. The van der Waals surface area contributed by atoms with Crippen LogP contribution in [0.1, 0.15) is 36.0 Å². The van der Waals surface area contributed by atoms with Crippen LogP contribution in [0.5, 0.6) is 0 Å². The van der Waals surface area contributed by atoms with E-state index in [0.29, 0.717) is 13.2 Å². The molecule has 1 amide bonds. The van der Waals surface area contributed by atoms with Crippen molar-refractivity contribution >= 4 is 16.8 Å². The van der Waals surface area contributed by atoms with Crippen molar-refractivity contribution in [3.05, 3.63) is 46.2 Å². The number of carbonyl (C=O) groups excluding carboxylic acids is 1. The molecular formula is C18H20N2O3. The van der Waals surface area contributed by atoms with E-state index in [1.165, 1.54) is 0 Å². The molecule has 0 bridgehead atoms. The van der Waals surface area contributed by atoms with E-state index in [-0.39, 0.29) is 29.2 Å². The number of fused-ring (bicyclic) bond motifs is 2. The number of amides is 1. The van der Waals surface area contributed by atoms with Gasteiger partial charge in [-0.15, -0.1) is 0 Å². The fourth-order valence-electron chi connectivity index (χ4n) is 3.81. The Balaban J connectivity index is 1.70. The molecule has 0 spiro atoms. The molecule has 2 heterocycles. The highest BCUT2D eigenvalue weighted by molar-refractivity contribution is 5.97. The second kappa shape index (κ2) is 5.81. The van der Waals surface area contributed by atoms with Gasteiger partial charge >= 0.3 is 0 Å². The Morgan fingerprint density at radius 3 is 2.96 bits per heavy atom. The van der Waals surface area contributed by atoms with Crippen molar-refractivity contribution in [3.8, 4) is 0 Å². The van der Waals surface area contributed by atoms with E-state index < -0.39 is 0 Å². The smallest absolute Gasteiger partial charge is 0.261 e. The van der Waals surface area contributed by atoms with Gasteiger partial charge in [0.2, 0.25) is 0 Å². The molecule has 2 aliphatic rings. The highest BCUT2D eigenvalue weighted by Crippen LogP contribution is 2.29. The van der Waals surface area contributed by atoms with Crippen LogP contribution in [0.25, 0.3) is 10.9 Å². The molecule has 1 aromatic heterocycles. The summed E-state index contributed by atoms with van der Waals surface area (Å²) in [4.78, 5) is 30.0. The third kappa shape index (κ3) is 2.55. The number of benzene rings is 1. The van der Waals surface area contributed by atoms with Crippen LogP contribution in [-0.2, 0) is 4.74 Å². The molecular weight excluding hydrogens is 292 g/mol. The minimum absolute atomic E-state index is 0.107. The molecule has 1 saturated carbocycles. The molecule has 1 N–H and O–H groups in total. The van der Waals surface area contributed by atoms with Gasteiger partial charge in [0.1, 0.15) is 5.56 Å². The predicted octanol–water partition coefficient (Wildman–Crippen LogP) is 2.31. The lowest BCUT2D eigenvalue weighted by Gasteiger charge is -2.43. The lowest BCUT2D eigenvalue weighted by Crippen LogP contribution is -2.55. The van der Waals surface area contributed by atoms with Crippen LogP contribution in [0.15, 0.2) is 35.1 Å². The summed E-state index contributed by atoms with van der Waals surface area (Å²) < 4.78 is 5.82. The lowest BCUT2D eigenvalue weighted by atomic mass is 9.89. The van der Waals surface area contributed by atoms with Crippen molar-refractivity contribution < 1.29 is 9.53 Å². The van der Waals surface area contributed by atoms with Crippen molar-refractivity contribution in [1.29, 1.82) is 0 Å². The number of H-pyrrole nitrogens is 1. The van der Waals surface area contributed by atoms with Crippen LogP contribution in [0.4, 0.5) is 0 Å². The molecule has 0 unspecified atom stereocenters. The molecule has 1 aliphatic carbocycles. The number of nitrogens with zero attached hydrogens (tertiary/aromatic N) is 1. The number of hydrogen-bond acceptors (Lipinski definition) is 3. The Hall–Kier alpha value is -2.14. The fourth-order valence-corrected chi connectivity index (χ4v) is 3.81. The maximum Gasteiger partial charge on any atom is 0.261 e. The topological polar surface area (TPSA) is 62.4 Å². The Bertz CT molecular complexity index is 796. The largest absolute Gasteiger partial charge is 0.374 e. The van der Waals surface area contributed by atoms with E-state index in [1.807, 2.05) is 29.2 Å². The molecule has 4 rings (SSSR count). The first-order valence-electron chi connectivity index (χ1n) is 8.29. The summed E-state index contributed by atoms with van der Waals surface area (Å²) in [5.74, 6) is -0.169. The second-order valence-corrected chi connectivity index (χ2v) is 6.36. The highest BCUT2D eigenvalue weighted by Gasteiger charge is 2.37. The minimum Gasteiger partial charge on any atom is -0.374 e. The van der Waals surface area contributed by atoms with Crippen molar-refractivity contribution in [2.75, 3.05) is 13.2 Å². The number of rotatable bonds is 1. The fraction of sp³-hybridized carbons (Fsp3) is 0.444. The van der Waals surface area contributed by atoms with Crippen LogP contribution >= 0.6 is 0 Å². The zero-order valence-corrected chi connectivity index (χ0v) is 13.0. The van der Waals surface area contributed by atoms with Crippen LogP contribution in [-0.4, -0.2) is 41.1 Å². The Labute approximate surface area is 134 Å². The molecule has 2 fully saturated rings. The summed E-state index contributed by atoms with van der Waals surface area (Å²) in [6.07, 6.45) is 4.35. The van der Waals surface area contributed by atoms with E-state index >= 15 is 0 Å². The summed E-state index contributed by atoms with van der Waals surface area (Å²) in [5.41, 5.74) is 0.675. The molecule has 1 aromatic carbocycles. The maximum atomic E-state index is 13.0. The second-order valence-electron chi connectivity index (χ2n) is 6.36. The van der Waals surface area contributed by atoms with Gasteiger partial charge in [-0.25, -0.2) is 0 Å². The van der Waals surface area contributed by atoms with Gasteiger partial charge in [0.05, 0.1) is 18.8 Å². The molecule has 2 aromatic rings. The zero-order valence-electron chi connectivity index (χ0n) is 13.0. The quantitative estimate of drug-likeness (QED) is 0.879. The maximum absolute atomic E-state index is 13.0. The van der Waals surface area contributed by atoms with Gasteiger partial charge in [-0.3, -0.25) is 9.59 Å². The SMILES string of the molecule is O=C(c1cc2ccccc2[nH]c1=O)N1CCO[C@@H]2CCCC[C@@H]21. The van der Waals surface area contributed by atoms with Crippen molar-refractivity contribution in [1.82, 2.24) is 9.88 Å². The average molecular weight is 312 g/mol. The van der Waals surface area contributed by atoms with E-state index in [1.54, 1.807) is 6.07 Å². The predicted molar refractivity (Wildman–Crippen MR) is 87.6 cm³/mol. The summed E-state index contributed by atoms with van der Waals surface area (Å²) in [6.45, 7) is 1.12. The van der Waals surface area contributed by atoms with Gasteiger partial charge < -0.3 is 14.6 Å². The van der Waals surface area contributed by atoms with Gasteiger partial charge in [-0.1, -0.05) is 31.0 Å². The molecule has 0 radical (unpaired) electrons. The van der Waals surface area contributed by atoms with Gasteiger partial charge in [0.15, 0.2) is 0 Å². The van der Waals surface area contributed by atoms with Crippen LogP contribution in [0.3, 0.4) is 0 Å². The number of nitrogens with one attached hydrogen (secondary N) is 1. The standard InChI is InChI=1S/C18H20N2O3/c21-17-13(11-12-5-1-2-6-14(12)19-17)18(22)20-9-10-23-16-8-4-3-7-15(16)20/h1-2,5-6,11,15-16H,3-4,7-10H2,(H,19,21)/t15-,16+/m0/s1. The molecule has 5 nitrogen and oxygen atoms in total. The average Bonchev–Trinajstić information content (AvgIpc) is 2.60. The normalized spacial score (nSPS) is 24.4. The number of pyridine rings is 1. The van der Waals surface area contributed by atoms with Gasteiger partial charge in [0, 0.05) is 12.1 Å². The Morgan fingerprint density at radius 1 is 1.22 bits per heavy atom. The summed E-state index contributed by atoms with van der Waals surface area (Å²) in [7, 11) is 0. The number of para-hydroxylation sites is 1. The van der Waals surface area contributed by atoms with Gasteiger partial charge in [0.25, 0.3) is 11.5 Å². The summed E-state index contributed by atoms with van der Waals surface area (Å²) in [5, 5.41) is 0.879. The first-order chi connectivity index (χ1) is 11.2. The van der Waals surface area contributed by atoms with Crippen molar-refractivity contribution in [2.24, 2.45) is 0 Å². The summed E-state index contributed by atoms with van der Waals surface area (Å²) >= 11 is 0. The molecule has 5 heteroatoms. The van der Waals surface area contributed by atoms with E-state index in [2.05, 4.69) is 4.98 Å². The molecule has 1 aliphatic heterocycles. The molecule has 2 atom stereocenters. The van der Waals surface area contributed by atoms with Crippen molar-refractivity contribution in [3.63, 3.8) is 0 Å². The number of aromatic nitrogens is 1. The highest BCUT2D eigenvalue weighted by atomic mass is 16.5. The summed E-state index contributed by atoms with van der Waals surface area (Å²) in [6, 6.07) is 9.34. The van der Waals surface area contributed by atoms with E-state index in [0.717, 1.165) is 36.6 Å². The molecule has 1 saturated heterocycles. The van der Waals surface area contributed by atoms with Crippen LogP contribution in [0.2, 0.25) is 0 Å². The molecule has 120 valence electrons.